The molecule has 9 nitrogen and oxygen atoms in total. The van der Waals surface area contributed by atoms with Crippen LogP contribution in [0.4, 0.5) is 19.1 Å². The van der Waals surface area contributed by atoms with E-state index in [1.807, 2.05) is 12.1 Å². The van der Waals surface area contributed by atoms with E-state index < -0.39 is 56.4 Å². The minimum atomic E-state index is -4.58. The van der Waals surface area contributed by atoms with Gasteiger partial charge in [-0.2, -0.15) is 28.1 Å². The van der Waals surface area contributed by atoms with Gasteiger partial charge in [0.2, 0.25) is 5.95 Å². The molecule has 0 spiro atoms. The van der Waals surface area contributed by atoms with E-state index >= 15 is 0 Å². The Morgan fingerprint density at radius 1 is 1.00 bits per heavy atom. The number of anilines is 1. The van der Waals surface area contributed by atoms with Crippen molar-refractivity contribution in [3.8, 4) is 6.01 Å². The molecule has 0 radical (unpaired) electrons. The molecule has 5 rings (SSSR count). The highest BCUT2D eigenvalue weighted by Gasteiger charge is 2.45. The standard InChI is InChI=1S/C32H34ClF3N4O5S/c1-30(2,26(42)18-46(43,44)24-11-12-24)14-13-25(41)21-5-3-20(4-6-21)17-27-37-28(39-29(38-27)45-19-32(34,35)36)40-31(15-16-31)22-7-9-23(33)10-8-22/h3-10,24H,11-19H2,1-2H3,(H,37,38,39,40). The van der Waals surface area contributed by atoms with Gasteiger partial charge in [-0.05, 0) is 55.4 Å². The van der Waals surface area contributed by atoms with Crippen molar-refractivity contribution in [3.63, 3.8) is 0 Å². The van der Waals surface area contributed by atoms with Crippen LogP contribution in [-0.2, 0) is 26.6 Å². The molecule has 0 atom stereocenters. The van der Waals surface area contributed by atoms with Crippen molar-refractivity contribution in [1.82, 2.24) is 15.0 Å². The number of alkyl halides is 3. The summed E-state index contributed by atoms with van der Waals surface area (Å²) in [5.74, 6) is -0.866. The van der Waals surface area contributed by atoms with Crippen LogP contribution in [0, 0.1) is 5.41 Å². The van der Waals surface area contributed by atoms with E-state index in [9.17, 15) is 31.2 Å². The van der Waals surface area contributed by atoms with E-state index in [1.54, 1.807) is 50.2 Å². The summed E-state index contributed by atoms with van der Waals surface area (Å²) < 4.78 is 68.0. The zero-order chi connectivity index (χ0) is 33.3. The average molecular weight is 679 g/mol. The Kier molecular flexibility index (Phi) is 9.47. The highest BCUT2D eigenvalue weighted by Crippen LogP contribution is 2.48. The quantitative estimate of drug-likeness (QED) is 0.184. The SMILES string of the molecule is CC(C)(CCC(=O)c1ccc(Cc2nc(NC3(c4ccc(Cl)cc4)CC3)nc(OCC(F)(F)F)n2)cc1)C(=O)CS(=O)(=O)C1CC1. The van der Waals surface area contributed by atoms with E-state index in [2.05, 4.69) is 20.3 Å². The van der Waals surface area contributed by atoms with Crippen molar-refractivity contribution < 1.29 is 35.9 Å². The van der Waals surface area contributed by atoms with E-state index in [0.717, 1.165) is 18.4 Å². The number of ether oxygens (including phenoxy) is 1. The maximum atomic E-state index is 12.9. The number of Topliss-reactive ketones (excluding diaryl/α,β-unsaturated/α-hetero) is 2. The molecule has 14 heteroatoms. The second kappa shape index (κ2) is 12.9. The summed E-state index contributed by atoms with van der Waals surface area (Å²) in [6.45, 7) is 1.74. The van der Waals surface area contributed by atoms with Crippen LogP contribution in [0.5, 0.6) is 6.01 Å². The Labute approximate surface area is 270 Å². The molecule has 2 saturated carbocycles. The number of hydrogen-bond acceptors (Lipinski definition) is 9. The number of nitrogens with one attached hydrogen (secondary N) is 1. The molecule has 0 amide bonds. The van der Waals surface area contributed by atoms with Gasteiger partial charge >= 0.3 is 12.2 Å². The van der Waals surface area contributed by atoms with Gasteiger partial charge in [0.25, 0.3) is 0 Å². The van der Waals surface area contributed by atoms with Gasteiger partial charge in [0.15, 0.2) is 28.0 Å². The normalized spacial score (nSPS) is 16.1. The van der Waals surface area contributed by atoms with E-state index in [0.29, 0.717) is 29.0 Å². The second-order valence-electron chi connectivity index (χ2n) is 12.6. The summed E-state index contributed by atoms with van der Waals surface area (Å²) in [4.78, 5) is 38.2. The number of benzene rings is 2. The lowest BCUT2D eigenvalue weighted by Gasteiger charge is -2.22. The third kappa shape index (κ3) is 8.81. The van der Waals surface area contributed by atoms with E-state index in [1.165, 1.54) is 0 Å². The number of rotatable bonds is 15. The van der Waals surface area contributed by atoms with Crippen LogP contribution in [0.3, 0.4) is 0 Å². The highest BCUT2D eigenvalue weighted by atomic mass is 35.5. The largest absolute Gasteiger partial charge is 0.454 e. The molecule has 0 saturated heterocycles. The number of nitrogens with zero attached hydrogens (tertiary/aromatic N) is 3. The third-order valence-electron chi connectivity index (χ3n) is 8.26. The van der Waals surface area contributed by atoms with Crippen molar-refractivity contribution in [2.45, 2.75) is 75.8 Å². The molecule has 1 N–H and O–H groups in total. The van der Waals surface area contributed by atoms with Crippen molar-refractivity contribution in [3.05, 3.63) is 76.1 Å². The fourth-order valence-corrected chi connectivity index (χ4v) is 6.93. The van der Waals surface area contributed by atoms with Crippen molar-refractivity contribution >= 4 is 39.0 Å². The maximum Gasteiger partial charge on any atom is 0.422 e. The van der Waals surface area contributed by atoms with Crippen molar-refractivity contribution in [2.75, 3.05) is 17.7 Å². The van der Waals surface area contributed by atoms with Gasteiger partial charge in [-0.3, -0.25) is 9.59 Å². The Hall–Kier alpha value is -3.58. The van der Waals surface area contributed by atoms with Gasteiger partial charge in [0.1, 0.15) is 11.6 Å². The first-order valence-electron chi connectivity index (χ1n) is 14.9. The Bertz CT molecular complexity index is 1710. The first kappa shape index (κ1) is 33.8. The fraction of sp³-hybridized carbons (Fsp3) is 0.469. The first-order valence-corrected chi connectivity index (χ1v) is 17.0. The van der Waals surface area contributed by atoms with Gasteiger partial charge in [-0.15, -0.1) is 0 Å². The molecule has 2 aliphatic carbocycles. The smallest absolute Gasteiger partial charge is 0.422 e. The van der Waals surface area contributed by atoms with Gasteiger partial charge in [-0.25, -0.2) is 8.42 Å². The molecule has 2 fully saturated rings. The maximum absolute atomic E-state index is 12.9. The minimum absolute atomic E-state index is 0.0549. The van der Waals surface area contributed by atoms with Crippen LogP contribution in [0.1, 0.15) is 79.7 Å². The molecule has 1 aromatic heterocycles. The molecule has 0 unspecified atom stereocenters. The van der Waals surface area contributed by atoms with E-state index in [-0.39, 0.29) is 36.8 Å². The van der Waals surface area contributed by atoms with Gasteiger partial charge in [0, 0.05) is 28.8 Å². The molecule has 2 aliphatic rings. The minimum Gasteiger partial charge on any atom is -0.454 e. The number of ketones is 2. The van der Waals surface area contributed by atoms with Gasteiger partial charge in [-0.1, -0.05) is 61.8 Å². The second-order valence-corrected chi connectivity index (χ2v) is 15.3. The fourth-order valence-electron chi connectivity index (χ4n) is 4.96. The molecule has 0 bridgehead atoms. The van der Waals surface area contributed by atoms with Crippen LogP contribution < -0.4 is 10.1 Å². The molecule has 3 aromatic rings. The Morgan fingerprint density at radius 3 is 2.24 bits per heavy atom. The van der Waals surface area contributed by atoms with Gasteiger partial charge < -0.3 is 10.1 Å². The Balaban J connectivity index is 1.25. The number of sulfone groups is 1. The number of hydrogen-bond donors (Lipinski definition) is 1. The molecule has 1 heterocycles. The van der Waals surface area contributed by atoms with Crippen LogP contribution in [0.25, 0.3) is 0 Å². The summed E-state index contributed by atoms with van der Waals surface area (Å²) in [5.41, 5.74) is 0.573. The molecule has 246 valence electrons. The summed E-state index contributed by atoms with van der Waals surface area (Å²) in [5, 5.41) is 3.40. The number of aromatic nitrogens is 3. The van der Waals surface area contributed by atoms with Crippen LogP contribution in [0.2, 0.25) is 5.02 Å². The zero-order valence-corrected chi connectivity index (χ0v) is 26.9. The molecular weight excluding hydrogens is 645 g/mol. The molecular formula is C32H34ClF3N4O5S. The lowest BCUT2D eigenvalue weighted by molar-refractivity contribution is -0.154. The third-order valence-corrected chi connectivity index (χ3v) is 10.7. The lowest BCUT2D eigenvalue weighted by Crippen LogP contribution is -2.32. The summed E-state index contributed by atoms with van der Waals surface area (Å²) in [7, 11) is -3.44. The lowest BCUT2D eigenvalue weighted by atomic mass is 9.82. The molecule has 46 heavy (non-hydrogen) atoms. The van der Waals surface area contributed by atoms with Crippen LogP contribution >= 0.6 is 11.6 Å². The number of carbonyl (C=O) groups is 2. The highest BCUT2D eigenvalue weighted by molar-refractivity contribution is 7.93. The summed E-state index contributed by atoms with van der Waals surface area (Å²) >= 11 is 6.02. The summed E-state index contributed by atoms with van der Waals surface area (Å²) in [6.07, 6.45) is -1.50. The van der Waals surface area contributed by atoms with E-state index in [4.69, 9.17) is 16.3 Å². The predicted octanol–water partition coefficient (Wildman–Crippen LogP) is 6.29. The predicted molar refractivity (Wildman–Crippen MR) is 166 cm³/mol. The van der Waals surface area contributed by atoms with Crippen LogP contribution in [-0.4, -0.2) is 58.7 Å². The zero-order valence-electron chi connectivity index (χ0n) is 25.4. The number of halogens is 4. The topological polar surface area (TPSA) is 128 Å². The summed E-state index contributed by atoms with van der Waals surface area (Å²) in [6, 6.07) is 13.4. The monoisotopic (exact) mass is 678 g/mol. The average Bonchev–Trinajstić information content (AvgIpc) is 3.91. The Morgan fingerprint density at radius 2 is 1.65 bits per heavy atom. The molecule has 2 aromatic carbocycles. The van der Waals surface area contributed by atoms with Gasteiger partial charge in [0.05, 0.1) is 10.8 Å². The van der Waals surface area contributed by atoms with Crippen molar-refractivity contribution in [2.24, 2.45) is 5.41 Å². The molecule has 0 aliphatic heterocycles. The van der Waals surface area contributed by atoms with Crippen LogP contribution in [0.15, 0.2) is 48.5 Å². The van der Waals surface area contributed by atoms with Crippen molar-refractivity contribution in [1.29, 1.82) is 0 Å². The first-order chi connectivity index (χ1) is 21.5. The number of carbonyl (C=O) groups excluding carboxylic acids is 2.